The summed E-state index contributed by atoms with van der Waals surface area (Å²) in [6.45, 7) is 5.88. The Morgan fingerprint density at radius 2 is 1.77 bits per heavy atom. The van der Waals surface area contributed by atoms with Crippen LogP contribution < -0.4 is 27.0 Å². The van der Waals surface area contributed by atoms with E-state index in [9.17, 15) is 14.0 Å². The lowest BCUT2D eigenvalue weighted by Crippen LogP contribution is -2.47. The molecule has 6 N–H and O–H groups in total. The number of amides is 2. The molecule has 11 nitrogen and oxygen atoms in total. The second-order valence-corrected chi connectivity index (χ2v) is 10.5. The highest BCUT2D eigenvalue weighted by Gasteiger charge is 2.35. The van der Waals surface area contributed by atoms with Crippen LogP contribution in [0.1, 0.15) is 58.3 Å². The first-order valence-electron chi connectivity index (χ1n) is 14.5. The van der Waals surface area contributed by atoms with Gasteiger partial charge in [-0.2, -0.15) is 0 Å². The van der Waals surface area contributed by atoms with E-state index in [1.807, 2.05) is 4.90 Å². The number of carbonyl (C=O) groups is 2. The molecule has 2 heterocycles. The Morgan fingerprint density at radius 1 is 1.09 bits per heavy atom. The van der Waals surface area contributed by atoms with Crippen LogP contribution >= 0.6 is 37.2 Å². The maximum atomic E-state index is 15.0. The van der Waals surface area contributed by atoms with E-state index >= 15 is 0 Å². The van der Waals surface area contributed by atoms with Gasteiger partial charge in [-0.25, -0.2) is 9.18 Å². The number of guanidine groups is 1. The molecule has 0 aliphatic carbocycles. The van der Waals surface area contributed by atoms with Crippen molar-refractivity contribution in [2.45, 2.75) is 70.4 Å². The lowest BCUT2D eigenvalue weighted by Gasteiger charge is -2.29. The van der Waals surface area contributed by atoms with Crippen molar-refractivity contribution >= 4 is 66.6 Å². The van der Waals surface area contributed by atoms with Crippen LogP contribution in [0.4, 0.5) is 20.6 Å². The summed E-state index contributed by atoms with van der Waals surface area (Å²) in [5.74, 6) is -0.580. The summed E-state index contributed by atoms with van der Waals surface area (Å²) >= 11 is 0. The Kier molecular flexibility index (Phi) is 20.3. The molecule has 15 heteroatoms. The molecule has 2 aliphatic rings. The van der Waals surface area contributed by atoms with Crippen molar-refractivity contribution in [2.75, 3.05) is 62.3 Å². The van der Waals surface area contributed by atoms with Crippen molar-refractivity contribution < 1.29 is 23.5 Å². The zero-order valence-electron chi connectivity index (χ0n) is 25.0. The molecule has 0 spiro atoms. The molecule has 0 bridgehead atoms. The normalized spacial score (nSPS) is 16.7. The van der Waals surface area contributed by atoms with Crippen molar-refractivity contribution in [2.24, 2.45) is 22.2 Å². The molecule has 1 aromatic carbocycles. The van der Waals surface area contributed by atoms with Gasteiger partial charge in [0.15, 0.2) is 5.96 Å². The average Bonchev–Trinajstić information content (AvgIpc) is 3.31. The number of nitrogens with two attached hydrogens (primary N) is 3. The Balaban J connectivity index is 0.00000588. The lowest BCUT2D eigenvalue weighted by atomic mass is 10.1. The minimum Gasteiger partial charge on any atom is -0.442 e. The predicted molar refractivity (Wildman–Crippen MR) is 177 cm³/mol. The number of hydrogen-bond acceptors (Lipinski definition) is 7. The van der Waals surface area contributed by atoms with E-state index in [-0.39, 0.29) is 62.2 Å². The van der Waals surface area contributed by atoms with Crippen LogP contribution in [-0.4, -0.2) is 87.5 Å². The van der Waals surface area contributed by atoms with Gasteiger partial charge in [-0.05, 0) is 37.5 Å². The van der Waals surface area contributed by atoms with Crippen LogP contribution in [0.3, 0.4) is 0 Å². The number of nitrogens with zero attached hydrogens (tertiary/aromatic N) is 4. The summed E-state index contributed by atoms with van der Waals surface area (Å²) in [4.78, 5) is 35.0. The number of cyclic esters (lactones) is 1. The van der Waals surface area contributed by atoms with E-state index in [4.69, 9.17) is 26.7 Å². The predicted octanol–water partition coefficient (Wildman–Crippen LogP) is 3.82. The van der Waals surface area contributed by atoms with E-state index in [1.54, 1.807) is 17.0 Å². The lowest BCUT2D eigenvalue weighted by molar-refractivity contribution is -0.134. The molecule has 0 unspecified atom stereocenters. The van der Waals surface area contributed by atoms with Gasteiger partial charge in [-0.1, -0.05) is 39.0 Å². The van der Waals surface area contributed by atoms with Gasteiger partial charge in [0.25, 0.3) is 0 Å². The molecule has 0 aromatic heterocycles. The summed E-state index contributed by atoms with van der Waals surface area (Å²) in [5.41, 5.74) is 17.9. The first-order valence-corrected chi connectivity index (χ1v) is 14.5. The Hall–Kier alpha value is -2.25. The number of hydrogen-bond donors (Lipinski definition) is 3. The van der Waals surface area contributed by atoms with Gasteiger partial charge in [-0.3, -0.25) is 14.7 Å². The number of halogens is 4. The fourth-order valence-electron chi connectivity index (χ4n) is 5.05. The molecule has 3 rings (SSSR count). The third-order valence-corrected chi connectivity index (χ3v) is 7.27. The van der Waals surface area contributed by atoms with Gasteiger partial charge in [0.1, 0.15) is 11.9 Å². The van der Waals surface area contributed by atoms with Gasteiger partial charge in [0.2, 0.25) is 5.91 Å². The van der Waals surface area contributed by atoms with Gasteiger partial charge >= 0.3 is 6.09 Å². The van der Waals surface area contributed by atoms with E-state index in [1.165, 1.54) is 30.2 Å². The van der Waals surface area contributed by atoms with Crippen LogP contribution in [-0.2, 0) is 14.3 Å². The number of benzene rings is 1. The van der Waals surface area contributed by atoms with Gasteiger partial charge in [-0.15, -0.1) is 37.2 Å². The zero-order valence-corrected chi connectivity index (χ0v) is 27.4. The maximum Gasteiger partial charge on any atom is 0.414 e. The van der Waals surface area contributed by atoms with Gasteiger partial charge < -0.3 is 36.5 Å². The first-order chi connectivity index (χ1) is 19.3. The topological polar surface area (TPSA) is 153 Å². The van der Waals surface area contributed by atoms with Crippen LogP contribution in [0.25, 0.3) is 0 Å². The molecular formula is C28H49Cl3FN7O4. The van der Waals surface area contributed by atoms with Gasteiger partial charge in [0, 0.05) is 26.2 Å². The quantitative estimate of drug-likeness (QED) is 0.136. The number of anilines is 2. The molecule has 0 saturated carbocycles. The third-order valence-electron chi connectivity index (χ3n) is 7.27. The number of rotatable bonds is 16. The van der Waals surface area contributed by atoms with Gasteiger partial charge in [0.05, 0.1) is 43.7 Å². The van der Waals surface area contributed by atoms with Crippen molar-refractivity contribution in [3.63, 3.8) is 0 Å². The highest BCUT2D eigenvalue weighted by atomic mass is 35.5. The number of ether oxygens (including phenoxy) is 2. The highest BCUT2D eigenvalue weighted by Crippen LogP contribution is 2.28. The smallest absolute Gasteiger partial charge is 0.414 e. The Labute approximate surface area is 273 Å². The van der Waals surface area contributed by atoms with Crippen molar-refractivity contribution in [1.29, 1.82) is 0 Å². The second-order valence-electron chi connectivity index (χ2n) is 10.5. The summed E-state index contributed by atoms with van der Waals surface area (Å²) in [5, 5.41) is 0. The molecule has 2 atom stereocenters. The van der Waals surface area contributed by atoms with Crippen LogP contribution in [0, 0.1) is 5.82 Å². The third kappa shape index (κ3) is 13.1. The standard InChI is InChI=1S/C28H46FN7O4.3ClH/c1-2-3-4-5-6-7-13-35(26(37)24(30)9-8-12-33-27(31)32)19-22-20-36(28(38)40-22)21-10-11-25(23(29)18-21)34-14-16-39-17-15-34;;;/h10-11,18,22,24H,2-9,12-17,19-20,30H2,1H3,(H4,31,32,33);3*1H/t22-,24-;;;/m0.../s1. The minimum atomic E-state index is -0.704. The van der Waals surface area contributed by atoms with E-state index in [2.05, 4.69) is 11.9 Å². The second kappa shape index (κ2) is 21.5. The SMILES string of the molecule is CCCCCCCCN(C[C@H]1CN(c2ccc(N3CCOCC3)c(F)c2)C(=O)O1)C(=O)[C@@H](N)CCCN=C(N)N.Cl.Cl.Cl. The zero-order chi connectivity index (χ0) is 28.9. The van der Waals surface area contributed by atoms with E-state index < -0.39 is 24.1 Å². The summed E-state index contributed by atoms with van der Waals surface area (Å²) < 4.78 is 26.0. The number of morpholine rings is 1. The largest absolute Gasteiger partial charge is 0.442 e. The summed E-state index contributed by atoms with van der Waals surface area (Å²) in [7, 11) is 0. The highest BCUT2D eigenvalue weighted by molar-refractivity contribution is 5.90. The Bertz CT molecular complexity index is 1000. The van der Waals surface area contributed by atoms with Crippen molar-refractivity contribution in [3.8, 4) is 0 Å². The first kappa shape index (κ1) is 40.8. The monoisotopic (exact) mass is 671 g/mol. The average molecular weight is 673 g/mol. The fourth-order valence-corrected chi connectivity index (χ4v) is 5.05. The van der Waals surface area contributed by atoms with Crippen LogP contribution in [0.15, 0.2) is 23.2 Å². The molecule has 1 aromatic rings. The molecule has 2 aliphatic heterocycles. The number of unbranched alkanes of at least 4 members (excludes halogenated alkanes) is 5. The molecular weight excluding hydrogens is 624 g/mol. The number of carbonyl (C=O) groups excluding carboxylic acids is 2. The summed E-state index contributed by atoms with van der Waals surface area (Å²) in [6.07, 6.45) is 6.41. The molecule has 2 saturated heterocycles. The van der Waals surface area contributed by atoms with Crippen molar-refractivity contribution in [3.05, 3.63) is 24.0 Å². The van der Waals surface area contributed by atoms with Crippen LogP contribution in [0.2, 0.25) is 0 Å². The molecule has 2 amide bonds. The number of aliphatic imine (C=N–C) groups is 1. The maximum absolute atomic E-state index is 15.0. The molecule has 43 heavy (non-hydrogen) atoms. The Morgan fingerprint density at radius 3 is 2.42 bits per heavy atom. The van der Waals surface area contributed by atoms with E-state index in [0.717, 1.165) is 19.3 Å². The molecule has 0 radical (unpaired) electrons. The fraction of sp³-hybridized carbons (Fsp3) is 0.679. The minimum absolute atomic E-state index is 0. The van der Waals surface area contributed by atoms with E-state index in [0.29, 0.717) is 63.6 Å². The summed E-state index contributed by atoms with van der Waals surface area (Å²) in [6, 6.07) is 4.07. The molecule has 2 fully saturated rings. The van der Waals surface area contributed by atoms with Crippen LogP contribution in [0.5, 0.6) is 0 Å². The molecule has 248 valence electrons. The van der Waals surface area contributed by atoms with Crippen molar-refractivity contribution in [1.82, 2.24) is 4.90 Å².